The van der Waals surface area contributed by atoms with E-state index in [4.69, 9.17) is 26.9 Å². The minimum absolute atomic E-state index is 0.0439. The molecule has 9 atom stereocenters. The number of aliphatic hydroxyl groups excluding tert-OH is 1. The highest BCUT2D eigenvalue weighted by Crippen LogP contribution is 2.14. The van der Waals surface area contributed by atoms with Gasteiger partial charge in [-0.15, -0.1) is 0 Å². The number of carbonyl (C=O) groups excluding carboxylic acids is 12. The number of aliphatic hydroxyl groups is 1. The summed E-state index contributed by atoms with van der Waals surface area (Å²) in [5, 5.41) is 44.2. The Morgan fingerprint density at radius 2 is 0.957 bits per heavy atom. The Morgan fingerprint density at radius 3 is 1.43 bits per heavy atom. The van der Waals surface area contributed by atoms with E-state index in [9.17, 15) is 62.6 Å². The Labute approximate surface area is 544 Å². The van der Waals surface area contributed by atoms with Crippen LogP contribution in [0, 0.1) is 5.92 Å². The summed E-state index contributed by atoms with van der Waals surface area (Å²) in [5.74, 6) is -8.25. The zero-order chi connectivity index (χ0) is 69.6. The summed E-state index contributed by atoms with van der Waals surface area (Å²) < 4.78 is 21.4. The van der Waals surface area contributed by atoms with Gasteiger partial charge in [0.2, 0.25) is 47.3 Å². The fourth-order valence-corrected chi connectivity index (χ4v) is 8.88. The van der Waals surface area contributed by atoms with Crippen LogP contribution in [0.15, 0.2) is 60.7 Å². The van der Waals surface area contributed by atoms with Gasteiger partial charge in [0.25, 0.3) is 0 Å². The zero-order valence-corrected chi connectivity index (χ0v) is 55.3. The fourth-order valence-electron chi connectivity index (χ4n) is 8.88. The van der Waals surface area contributed by atoms with Crippen LogP contribution in [0.25, 0.3) is 0 Å². The average Bonchev–Trinajstić information content (AvgIpc) is 1.29. The molecule has 93 heavy (non-hydrogen) atoms. The molecule has 1 saturated heterocycles. The molecule has 514 valence electrons. The molecule has 1 aliphatic heterocycles. The minimum Gasteiger partial charge on any atom is -0.445 e. The van der Waals surface area contributed by atoms with E-state index in [-0.39, 0.29) is 70.8 Å². The molecule has 2 aromatic carbocycles. The maximum Gasteiger partial charge on any atom is 0.408 e. The molecule has 1 aliphatic rings. The number of benzene rings is 2. The number of carbonyl (C=O) groups is 12. The molecule has 31 heteroatoms. The van der Waals surface area contributed by atoms with Gasteiger partial charge in [-0.2, -0.15) is 0 Å². The lowest BCUT2D eigenvalue weighted by molar-refractivity contribution is -0.136. The normalized spacial score (nSPS) is 20.8. The van der Waals surface area contributed by atoms with Crippen LogP contribution in [0.5, 0.6) is 0 Å². The van der Waals surface area contributed by atoms with E-state index in [0.717, 1.165) is 0 Å². The molecule has 0 saturated carbocycles. The van der Waals surface area contributed by atoms with Gasteiger partial charge in [0.1, 0.15) is 71.7 Å². The second-order valence-corrected chi connectivity index (χ2v) is 25.6. The first-order valence-corrected chi connectivity index (χ1v) is 31.0. The van der Waals surface area contributed by atoms with E-state index in [1.807, 2.05) is 0 Å². The quantitative estimate of drug-likeness (QED) is 0.0569. The molecule has 0 aromatic heterocycles. The topological polar surface area (TPSA) is 418 Å². The zero-order valence-electron chi connectivity index (χ0n) is 55.3. The molecule has 0 unspecified atom stereocenters. The molecular weight excluding hydrogens is 1210 g/mol. The lowest BCUT2D eigenvalue weighted by atomic mass is 10.00. The molecule has 12 amide bonds. The van der Waals surface area contributed by atoms with E-state index < -0.39 is 162 Å². The lowest BCUT2D eigenvalue weighted by Gasteiger charge is -2.29. The molecule has 0 bridgehead atoms. The first-order valence-electron chi connectivity index (χ1n) is 31.0. The second-order valence-electron chi connectivity index (χ2n) is 25.6. The lowest BCUT2D eigenvalue weighted by Crippen LogP contribution is -2.61. The van der Waals surface area contributed by atoms with Crippen molar-refractivity contribution in [3.8, 4) is 0 Å². The third-order valence-corrected chi connectivity index (χ3v) is 13.3. The second kappa shape index (κ2) is 38.3. The Balaban J connectivity index is 2.24. The van der Waals surface area contributed by atoms with Gasteiger partial charge in [0.15, 0.2) is 7.98 Å². The van der Waals surface area contributed by atoms with E-state index >= 15 is 0 Å². The molecule has 1 fully saturated rings. The number of alkyl carbamates (subject to hydrolysis) is 4. The number of hydrogen-bond donors (Lipinski definition) is 14. The van der Waals surface area contributed by atoms with E-state index in [0.29, 0.717) is 11.1 Å². The highest BCUT2D eigenvalue weighted by atomic mass is 16.6. The van der Waals surface area contributed by atoms with E-state index in [2.05, 4.69) is 69.0 Å². The van der Waals surface area contributed by atoms with Crippen LogP contribution in [0.3, 0.4) is 0 Å². The van der Waals surface area contributed by atoms with Crippen LogP contribution < -0.4 is 69.0 Å². The molecule has 1 heterocycles. The standard InChI is InChI=1S/C62H96BN13O17/c1-36(2)33-45-53(83)72-41(24-29-65-56(86)91-60(4,5)6)49(79)70-42(25-30-66-57(87)92-61(7,8)9)52(82)76-47(37(3)77)55(85)64-28-23-40(48(78)71-43(27-32-68-63)50(80)74-46(54(84)73-45)34-38-19-15-13-16-20-38)69-51(81)44(26-31-67-58(88)93-62(10,11)12)75-59(89)90-35-39-21-17-14-18-22-39/h13-22,36-37,40-47,68,77H,23-35H2,1-12H3,(H,64,85)(H,65,86)(H,66,87)(H,67,88)(H,69,81)(H,70,79)(H,71,78)(H,72,83)(H,73,84)(H,74,80)(H,75,89)(H,76,82)/t37-,40+,41+,42+,43+,44+,45+,46-,47+/m1/s1. The van der Waals surface area contributed by atoms with Crippen molar-refractivity contribution in [2.24, 2.45) is 5.92 Å². The van der Waals surface area contributed by atoms with E-state index in [1.165, 1.54) is 6.92 Å². The third-order valence-electron chi connectivity index (χ3n) is 13.3. The monoisotopic (exact) mass is 1310 g/mol. The Hall–Kier alpha value is -8.74. The molecule has 14 N–H and O–H groups in total. The highest BCUT2D eigenvalue weighted by molar-refractivity contribution is 6.04. The Kier molecular flexibility index (Phi) is 32.3. The number of nitrogens with one attached hydrogen (secondary N) is 13. The van der Waals surface area contributed by atoms with Crippen molar-refractivity contribution in [1.29, 1.82) is 0 Å². The van der Waals surface area contributed by atoms with Gasteiger partial charge in [-0.25, -0.2) is 19.2 Å². The summed E-state index contributed by atoms with van der Waals surface area (Å²) in [6.07, 6.45) is -7.33. The van der Waals surface area contributed by atoms with Crippen LogP contribution in [0.2, 0.25) is 0 Å². The smallest absolute Gasteiger partial charge is 0.408 e. The van der Waals surface area contributed by atoms with Crippen molar-refractivity contribution in [2.75, 3.05) is 32.7 Å². The summed E-state index contributed by atoms with van der Waals surface area (Å²) in [6.45, 7) is 17.6. The summed E-state index contributed by atoms with van der Waals surface area (Å²) in [7, 11) is 5.69. The third kappa shape index (κ3) is 31.9. The molecule has 2 aromatic rings. The fraction of sp³-hybridized carbons (Fsp3) is 0.613. The van der Waals surface area contributed by atoms with Gasteiger partial charge in [-0.1, -0.05) is 74.5 Å². The van der Waals surface area contributed by atoms with E-state index in [1.54, 1.807) is 137 Å². The summed E-state index contributed by atoms with van der Waals surface area (Å²) in [5.41, 5.74) is -1.61. The Morgan fingerprint density at radius 1 is 0.538 bits per heavy atom. The van der Waals surface area contributed by atoms with Crippen LogP contribution >= 0.6 is 0 Å². The van der Waals surface area contributed by atoms with Gasteiger partial charge < -0.3 is 93.1 Å². The predicted molar refractivity (Wildman–Crippen MR) is 341 cm³/mol. The average molecular weight is 1310 g/mol. The summed E-state index contributed by atoms with van der Waals surface area (Å²) in [6, 6.07) is 4.33. The largest absolute Gasteiger partial charge is 0.445 e. The Bertz CT molecular complexity index is 2820. The number of ether oxygens (including phenoxy) is 4. The van der Waals surface area contributed by atoms with Crippen LogP contribution in [0.1, 0.15) is 133 Å². The molecule has 30 nitrogen and oxygen atoms in total. The first kappa shape index (κ1) is 78.5. The number of rotatable bonds is 22. The van der Waals surface area contributed by atoms with Gasteiger partial charge in [-0.05, 0) is 131 Å². The maximum absolute atomic E-state index is 14.8. The molecule has 3 rings (SSSR count). The van der Waals surface area contributed by atoms with Crippen molar-refractivity contribution < 1.29 is 81.6 Å². The van der Waals surface area contributed by atoms with Crippen molar-refractivity contribution in [2.45, 2.75) is 206 Å². The maximum atomic E-state index is 14.8. The van der Waals surface area contributed by atoms with Gasteiger partial charge in [0, 0.05) is 32.6 Å². The van der Waals surface area contributed by atoms with Crippen LogP contribution in [0.4, 0.5) is 19.2 Å². The van der Waals surface area contributed by atoms with Crippen molar-refractivity contribution in [3.63, 3.8) is 0 Å². The van der Waals surface area contributed by atoms with Crippen molar-refractivity contribution in [1.82, 2.24) is 69.0 Å². The SMILES string of the molecule is [B]NCC[C@@H]1NC(=O)[C@@H](NC(=O)[C@H](CCNC(=O)OC(C)(C)C)NC(=O)OCc2ccccc2)CCNC(=O)[C@H]([C@@H](C)O)NC(=O)[C@H](CCNC(=O)OC(C)(C)C)NC(=O)[C@H](CCNC(=O)OC(C)(C)C)NC(=O)[C@H](CC(C)C)NC(=O)[C@@H](Cc2ccccc2)NC1=O. The number of hydrogen-bond acceptors (Lipinski definition) is 18. The molecule has 2 radical (unpaired) electrons. The number of amides is 12. The van der Waals surface area contributed by atoms with Crippen LogP contribution in [-0.2, 0) is 70.3 Å². The molecule has 0 aliphatic carbocycles. The predicted octanol–water partition coefficient (Wildman–Crippen LogP) is 0.672. The van der Waals surface area contributed by atoms with Gasteiger partial charge in [0.05, 0.1) is 6.10 Å². The minimum atomic E-state index is -1.80. The van der Waals surface area contributed by atoms with Gasteiger partial charge in [-0.3, -0.25) is 38.4 Å². The van der Waals surface area contributed by atoms with Crippen LogP contribution in [-0.4, -0.2) is 189 Å². The highest BCUT2D eigenvalue weighted by Gasteiger charge is 2.37. The van der Waals surface area contributed by atoms with Gasteiger partial charge >= 0.3 is 24.4 Å². The summed E-state index contributed by atoms with van der Waals surface area (Å²) in [4.78, 5) is 168. The molecular formula is C62H96BN13O17. The first-order chi connectivity index (χ1) is 43.5. The summed E-state index contributed by atoms with van der Waals surface area (Å²) >= 11 is 0. The molecule has 0 spiro atoms. The van der Waals surface area contributed by atoms with Crippen molar-refractivity contribution in [3.05, 3.63) is 71.8 Å². The van der Waals surface area contributed by atoms with Crippen molar-refractivity contribution >= 4 is 79.6 Å².